The molecule has 5 nitrogen and oxygen atoms in total. The Morgan fingerprint density at radius 1 is 1.08 bits per heavy atom. The number of fused-ring (bicyclic) bond motifs is 2. The second-order valence-corrected chi connectivity index (χ2v) is 7.15. The molecule has 1 saturated heterocycles. The van der Waals surface area contributed by atoms with Gasteiger partial charge in [-0.25, -0.2) is 9.97 Å². The number of rotatable bonds is 2. The van der Waals surface area contributed by atoms with E-state index in [4.69, 9.17) is 0 Å². The van der Waals surface area contributed by atoms with E-state index in [0.717, 1.165) is 40.9 Å². The maximum atomic E-state index is 4.61. The molecular formula is C18H17N5S. The first-order valence-electron chi connectivity index (χ1n) is 8.26. The molecule has 0 bridgehead atoms. The Balaban J connectivity index is 1.63. The van der Waals surface area contributed by atoms with Gasteiger partial charge >= 0.3 is 0 Å². The first-order chi connectivity index (χ1) is 11.9. The molecule has 0 spiro atoms. The molecule has 2 N–H and O–H groups in total. The molecule has 0 amide bonds. The van der Waals surface area contributed by atoms with Gasteiger partial charge in [-0.3, -0.25) is 4.98 Å². The van der Waals surface area contributed by atoms with Crippen molar-refractivity contribution >= 4 is 32.6 Å². The highest BCUT2D eigenvalue weighted by atomic mass is 32.1. The molecule has 6 heteroatoms. The monoisotopic (exact) mass is 335 g/mol. The van der Waals surface area contributed by atoms with Gasteiger partial charge in [0.05, 0.1) is 27.6 Å². The third-order valence-corrected chi connectivity index (χ3v) is 5.62. The standard InChI is InChI=1S/C18H17N5S/c1-4-19-5-2-11(1)14-7-13-12(3-6-20-18(13)23-14)15-8-17-16(9-21-15)22-10-24-17/h3,6-11,19H,1-2,4-5H2,(H,20,23). The number of aromatic amines is 1. The van der Waals surface area contributed by atoms with Crippen LogP contribution < -0.4 is 5.32 Å². The summed E-state index contributed by atoms with van der Waals surface area (Å²) in [6.45, 7) is 2.17. The third kappa shape index (κ3) is 2.30. The molecule has 0 aromatic carbocycles. The van der Waals surface area contributed by atoms with Crippen molar-refractivity contribution in [3.8, 4) is 11.3 Å². The molecular weight excluding hydrogens is 318 g/mol. The molecule has 0 unspecified atom stereocenters. The molecule has 4 aromatic rings. The maximum absolute atomic E-state index is 4.61. The Morgan fingerprint density at radius 2 is 2.00 bits per heavy atom. The molecule has 0 atom stereocenters. The fourth-order valence-corrected chi connectivity index (χ4v) is 4.22. The average Bonchev–Trinajstić information content (AvgIpc) is 3.28. The predicted molar refractivity (Wildman–Crippen MR) is 97.3 cm³/mol. The van der Waals surface area contributed by atoms with Gasteiger partial charge in [-0.1, -0.05) is 0 Å². The summed E-state index contributed by atoms with van der Waals surface area (Å²) in [7, 11) is 0. The van der Waals surface area contributed by atoms with Crippen molar-refractivity contribution in [2.75, 3.05) is 13.1 Å². The summed E-state index contributed by atoms with van der Waals surface area (Å²) in [6.07, 6.45) is 6.06. The molecule has 5 heterocycles. The topological polar surface area (TPSA) is 66.5 Å². The zero-order valence-corrected chi connectivity index (χ0v) is 13.9. The smallest absolute Gasteiger partial charge is 0.138 e. The average molecular weight is 335 g/mol. The fraction of sp³-hybridized carbons (Fsp3) is 0.278. The van der Waals surface area contributed by atoms with E-state index in [1.807, 2.05) is 17.9 Å². The van der Waals surface area contributed by atoms with Gasteiger partial charge in [0.15, 0.2) is 0 Å². The number of H-pyrrole nitrogens is 1. The van der Waals surface area contributed by atoms with Crippen LogP contribution >= 0.6 is 11.3 Å². The van der Waals surface area contributed by atoms with Crippen LogP contribution in [0.1, 0.15) is 24.5 Å². The molecule has 120 valence electrons. The molecule has 4 aromatic heterocycles. The Morgan fingerprint density at radius 3 is 2.92 bits per heavy atom. The van der Waals surface area contributed by atoms with E-state index in [9.17, 15) is 0 Å². The van der Waals surface area contributed by atoms with E-state index in [1.54, 1.807) is 11.3 Å². The summed E-state index contributed by atoms with van der Waals surface area (Å²) in [6, 6.07) is 6.45. The number of piperidine rings is 1. The summed E-state index contributed by atoms with van der Waals surface area (Å²) in [5.74, 6) is 0.588. The van der Waals surface area contributed by atoms with Gasteiger partial charge in [-0.05, 0) is 44.1 Å². The van der Waals surface area contributed by atoms with Crippen LogP contribution in [0.25, 0.3) is 32.5 Å². The quantitative estimate of drug-likeness (QED) is 0.586. The van der Waals surface area contributed by atoms with Gasteiger partial charge < -0.3 is 10.3 Å². The van der Waals surface area contributed by atoms with Gasteiger partial charge in [0.2, 0.25) is 0 Å². The lowest BCUT2D eigenvalue weighted by atomic mass is 9.94. The Hall–Kier alpha value is -2.31. The Labute approximate surface area is 143 Å². The van der Waals surface area contributed by atoms with E-state index in [1.165, 1.54) is 23.2 Å². The van der Waals surface area contributed by atoms with Crippen molar-refractivity contribution in [3.63, 3.8) is 0 Å². The Kier molecular flexibility index (Phi) is 3.31. The van der Waals surface area contributed by atoms with Crippen LogP contribution in [0.4, 0.5) is 0 Å². The largest absolute Gasteiger partial charge is 0.343 e. The molecule has 24 heavy (non-hydrogen) atoms. The first kappa shape index (κ1) is 14.1. The van der Waals surface area contributed by atoms with Crippen LogP contribution in [0, 0.1) is 0 Å². The molecule has 0 radical (unpaired) electrons. The number of aromatic nitrogens is 4. The molecule has 1 aliphatic rings. The number of hydrogen-bond acceptors (Lipinski definition) is 5. The van der Waals surface area contributed by atoms with Gasteiger partial charge in [0.1, 0.15) is 5.65 Å². The minimum Gasteiger partial charge on any atom is -0.343 e. The highest BCUT2D eigenvalue weighted by molar-refractivity contribution is 7.16. The van der Waals surface area contributed by atoms with Crippen molar-refractivity contribution in [2.45, 2.75) is 18.8 Å². The lowest BCUT2D eigenvalue weighted by Gasteiger charge is -2.21. The second kappa shape index (κ2) is 5.65. The van der Waals surface area contributed by atoms with Crippen molar-refractivity contribution < 1.29 is 0 Å². The van der Waals surface area contributed by atoms with E-state index in [0.29, 0.717) is 5.92 Å². The number of nitrogens with zero attached hydrogens (tertiary/aromatic N) is 3. The van der Waals surface area contributed by atoms with Crippen molar-refractivity contribution in [2.24, 2.45) is 0 Å². The highest BCUT2D eigenvalue weighted by Gasteiger charge is 2.19. The maximum Gasteiger partial charge on any atom is 0.138 e. The van der Waals surface area contributed by atoms with Gasteiger partial charge in [-0.2, -0.15) is 0 Å². The van der Waals surface area contributed by atoms with Crippen LogP contribution in [0.15, 0.2) is 36.1 Å². The molecule has 0 aliphatic carbocycles. The van der Waals surface area contributed by atoms with Gasteiger partial charge in [0, 0.05) is 28.8 Å². The Bertz CT molecular complexity index is 1010. The van der Waals surface area contributed by atoms with E-state index >= 15 is 0 Å². The van der Waals surface area contributed by atoms with Crippen molar-refractivity contribution in [3.05, 3.63) is 41.8 Å². The minimum atomic E-state index is 0.588. The number of hydrogen-bond donors (Lipinski definition) is 2. The number of thiazole rings is 1. The first-order valence-corrected chi connectivity index (χ1v) is 9.14. The summed E-state index contributed by atoms with van der Waals surface area (Å²) in [5, 5.41) is 4.58. The summed E-state index contributed by atoms with van der Waals surface area (Å²) in [4.78, 5) is 17.0. The molecule has 0 saturated carbocycles. The molecule has 1 fully saturated rings. The lowest BCUT2D eigenvalue weighted by Crippen LogP contribution is -2.26. The van der Waals surface area contributed by atoms with E-state index in [2.05, 4.69) is 43.5 Å². The van der Waals surface area contributed by atoms with Crippen LogP contribution in [-0.4, -0.2) is 33.0 Å². The minimum absolute atomic E-state index is 0.588. The molecule has 1 aliphatic heterocycles. The van der Waals surface area contributed by atoms with Gasteiger partial charge in [-0.15, -0.1) is 11.3 Å². The third-order valence-electron chi connectivity index (χ3n) is 4.83. The van der Waals surface area contributed by atoms with Crippen LogP contribution in [-0.2, 0) is 0 Å². The summed E-state index contributed by atoms with van der Waals surface area (Å²) in [5.41, 5.74) is 7.18. The van der Waals surface area contributed by atoms with Crippen LogP contribution in [0.3, 0.4) is 0 Å². The highest BCUT2D eigenvalue weighted by Crippen LogP contribution is 2.33. The number of nitrogens with one attached hydrogen (secondary N) is 2. The fourth-order valence-electron chi connectivity index (χ4n) is 3.53. The van der Waals surface area contributed by atoms with Crippen molar-refractivity contribution in [1.29, 1.82) is 0 Å². The molecule has 5 rings (SSSR count). The second-order valence-electron chi connectivity index (χ2n) is 6.26. The van der Waals surface area contributed by atoms with E-state index < -0.39 is 0 Å². The normalized spacial score (nSPS) is 16.2. The zero-order valence-electron chi connectivity index (χ0n) is 13.1. The SMILES string of the molecule is c1cc(-c2cc3scnc3cn2)c2cc(C3CCNCC3)[nH]c2n1. The summed E-state index contributed by atoms with van der Waals surface area (Å²) < 4.78 is 1.17. The predicted octanol–water partition coefficient (Wildman–Crippen LogP) is 3.70. The van der Waals surface area contributed by atoms with Crippen molar-refractivity contribution in [1.82, 2.24) is 25.3 Å². The van der Waals surface area contributed by atoms with Crippen LogP contribution in [0.2, 0.25) is 0 Å². The van der Waals surface area contributed by atoms with E-state index in [-0.39, 0.29) is 0 Å². The number of pyridine rings is 2. The lowest BCUT2D eigenvalue weighted by molar-refractivity contribution is 0.455. The van der Waals surface area contributed by atoms with Crippen LogP contribution in [0.5, 0.6) is 0 Å². The van der Waals surface area contributed by atoms with Gasteiger partial charge in [0.25, 0.3) is 0 Å². The summed E-state index contributed by atoms with van der Waals surface area (Å²) >= 11 is 1.65. The zero-order chi connectivity index (χ0) is 15.9.